The summed E-state index contributed by atoms with van der Waals surface area (Å²) < 4.78 is 44.3. The molecule has 272 valence electrons. The Bertz CT molecular complexity index is 1900. The van der Waals surface area contributed by atoms with Crippen molar-refractivity contribution in [2.75, 3.05) is 59.0 Å². The molecule has 4 aromatic rings. The second kappa shape index (κ2) is 17.4. The molecule has 0 amide bonds. The lowest BCUT2D eigenvalue weighted by molar-refractivity contribution is -0.103. The van der Waals surface area contributed by atoms with Gasteiger partial charge < -0.3 is 34.3 Å². The molecule has 2 saturated heterocycles. The normalized spacial score (nSPS) is 17.1. The van der Waals surface area contributed by atoms with E-state index in [1.165, 1.54) is 6.07 Å². The Morgan fingerprint density at radius 2 is 1.79 bits per heavy atom. The number of benzene rings is 2. The number of nitrogens with zero attached hydrogens (tertiary/aromatic N) is 3. The molecule has 10 nitrogen and oxygen atoms in total. The first-order valence-electron chi connectivity index (χ1n) is 17.5. The summed E-state index contributed by atoms with van der Waals surface area (Å²) in [6.45, 7) is 8.00. The number of aryl methyl sites for hydroxylation is 1. The van der Waals surface area contributed by atoms with Crippen LogP contribution in [0.1, 0.15) is 36.6 Å². The van der Waals surface area contributed by atoms with E-state index < -0.39 is 5.82 Å². The van der Waals surface area contributed by atoms with Crippen molar-refractivity contribution >= 4 is 23.3 Å². The minimum Gasteiger partial charge on any atom is -0.493 e. The lowest BCUT2D eigenvalue weighted by atomic mass is 9.97. The molecule has 0 saturated carbocycles. The molecule has 52 heavy (non-hydrogen) atoms. The summed E-state index contributed by atoms with van der Waals surface area (Å²) in [5.74, 6) is 1.12. The highest BCUT2D eigenvalue weighted by molar-refractivity contribution is 6.07. The van der Waals surface area contributed by atoms with Gasteiger partial charge in [0.25, 0.3) is 0 Å². The maximum absolute atomic E-state index is 16.0. The zero-order valence-electron chi connectivity index (χ0n) is 29.8. The van der Waals surface area contributed by atoms with E-state index in [-0.39, 0.29) is 17.5 Å². The molecule has 2 aromatic carbocycles. The van der Waals surface area contributed by atoms with Gasteiger partial charge in [0.05, 0.1) is 32.6 Å². The average Bonchev–Trinajstić information content (AvgIpc) is 3.17. The number of hydrogen-bond acceptors (Lipinski definition) is 10. The van der Waals surface area contributed by atoms with E-state index >= 15 is 4.39 Å². The van der Waals surface area contributed by atoms with Crippen molar-refractivity contribution < 1.29 is 32.9 Å². The first-order chi connectivity index (χ1) is 25.3. The number of rotatable bonds is 13. The highest BCUT2D eigenvalue weighted by atomic mass is 19.1. The number of nitrogens with two attached hydrogens (primary N) is 1. The SMILES string of the molecule is COc1cc(-c2cnc(N)c(-c3ccc(/C(C=O)=C/N(/C=C(\C)c4ccc(C)cn4)CC4CCOCC4)cc3F)c2)ccc1OCC1COCCO1. The van der Waals surface area contributed by atoms with Crippen LogP contribution >= 0.6 is 0 Å². The molecule has 6 rings (SSSR count). The Balaban J connectivity index is 1.25. The molecule has 2 aliphatic heterocycles. The van der Waals surface area contributed by atoms with E-state index in [0.717, 1.165) is 41.5 Å². The third-order valence-corrected chi connectivity index (χ3v) is 9.23. The molecule has 0 spiro atoms. The highest BCUT2D eigenvalue weighted by Gasteiger charge is 2.20. The van der Waals surface area contributed by atoms with Crippen LogP contribution in [0.4, 0.5) is 10.2 Å². The quantitative estimate of drug-likeness (QED) is 0.115. The molecule has 2 fully saturated rings. The van der Waals surface area contributed by atoms with E-state index in [0.29, 0.717) is 85.9 Å². The number of allylic oxidation sites excluding steroid dienone is 2. The summed E-state index contributed by atoms with van der Waals surface area (Å²) >= 11 is 0. The largest absolute Gasteiger partial charge is 0.493 e. The minimum atomic E-state index is -0.530. The van der Waals surface area contributed by atoms with Crippen molar-refractivity contribution in [1.29, 1.82) is 0 Å². The zero-order chi connectivity index (χ0) is 36.5. The second-order valence-electron chi connectivity index (χ2n) is 13.1. The van der Waals surface area contributed by atoms with E-state index in [1.807, 2.05) is 61.5 Å². The summed E-state index contributed by atoms with van der Waals surface area (Å²) in [5, 5.41) is 0. The van der Waals surface area contributed by atoms with Crippen molar-refractivity contribution in [3.05, 3.63) is 102 Å². The number of ether oxygens (including phenoxy) is 5. The van der Waals surface area contributed by atoms with Gasteiger partial charge in [-0.3, -0.25) is 9.78 Å². The van der Waals surface area contributed by atoms with Crippen molar-refractivity contribution in [2.24, 2.45) is 5.92 Å². The number of carbonyl (C=O) groups is 1. The summed E-state index contributed by atoms with van der Waals surface area (Å²) in [6, 6.07) is 16.0. The van der Waals surface area contributed by atoms with Gasteiger partial charge in [-0.05, 0) is 85.2 Å². The van der Waals surface area contributed by atoms with Crippen LogP contribution < -0.4 is 15.2 Å². The van der Waals surface area contributed by atoms with Gasteiger partial charge in [-0.25, -0.2) is 9.37 Å². The molecule has 2 N–H and O–H groups in total. The first-order valence-corrected chi connectivity index (χ1v) is 17.5. The maximum Gasteiger partial charge on any atom is 0.161 e. The van der Waals surface area contributed by atoms with Gasteiger partial charge in [0, 0.05) is 66.8 Å². The number of pyridine rings is 2. The van der Waals surface area contributed by atoms with Crippen LogP contribution in [0.25, 0.3) is 33.4 Å². The smallest absolute Gasteiger partial charge is 0.161 e. The summed E-state index contributed by atoms with van der Waals surface area (Å²) in [7, 11) is 1.57. The number of methoxy groups -OCH3 is 1. The Labute approximate surface area is 304 Å². The predicted molar refractivity (Wildman–Crippen MR) is 199 cm³/mol. The maximum atomic E-state index is 16.0. The van der Waals surface area contributed by atoms with Crippen LogP contribution in [-0.2, 0) is 19.0 Å². The molecule has 1 atom stereocenters. The minimum absolute atomic E-state index is 0.153. The topological polar surface area (TPSA) is 118 Å². The average molecular weight is 709 g/mol. The second-order valence-corrected chi connectivity index (χ2v) is 13.1. The van der Waals surface area contributed by atoms with Crippen molar-refractivity contribution in [3.8, 4) is 33.8 Å². The number of halogens is 1. The lowest BCUT2D eigenvalue weighted by Crippen LogP contribution is -2.33. The number of carbonyl (C=O) groups excluding carboxylic acids is 1. The van der Waals surface area contributed by atoms with Crippen LogP contribution in [-0.4, -0.2) is 80.6 Å². The Morgan fingerprint density at radius 3 is 2.50 bits per heavy atom. The number of anilines is 1. The molecular weight excluding hydrogens is 663 g/mol. The van der Waals surface area contributed by atoms with Gasteiger partial charge in [-0.15, -0.1) is 0 Å². The summed E-state index contributed by atoms with van der Waals surface area (Å²) in [6.07, 6.45) is 9.68. The fourth-order valence-electron chi connectivity index (χ4n) is 6.28. The number of nitrogen functional groups attached to an aromatic ring is 1. The van der Waals surface area contributed by atoms with E-state index in [2.05, 4.69) is 9.97 Å². The van der Waals surface area contributed by atoms with Crippen LogP contribution in [0.5, 0.6) is 11.5 Å². The van der Waals surface area contributed by atoms with Gasteiger partial charge >= 0.3 is 0 Å². The molecule has 0 bridgehead atoms. The highest BCUT2D eigenvalue weighted by Crippen LogP contribution is 2.36. The first kappa shape index (κ1) is 36.7. The molecule has 0 radical (unpaired) electrons. The summed E-state index contributed by atoms with van der Waals surface area (Å²) in [5.41, 5.74) is 12.1. The molecular formula is C41H45FN4O6. The zero-order valence-corrected chi connectivity index (χ0v) is 29.8. The number of hydrogen-bond donors (Lipinski definition) is 1. The van der Waals surface area contributed by atoms with Gasteiger partial charge in [0.15, 0.2) is 17.8 Å². The molecule has 4 heterocycles. The standard InChI is InChI=1S/C41H45FN4O6/c1-27-4-8-38(44-19-27)28(2)21-46(22-29-10-12-49-13-11-29)23-33(24-47)30-5-7-35(37(42)17-30)36-16-32(20-45-41(36)43)31-6-9-39(40(18-31)48-3)52-26-34-25-50-14-15-51-34/h4-9,16-21,23-24,29,34H,10-15,22,25-26H2,1-3H3,(H2,43,45)/b28-21+,33-23+. The fourth-order valence-corrected chi connectivity index (χ4v) is 6.28. The predicted octanol–water partition coefficient (Wildman–Crippen LogP) is 6.97. The molecule has 1 unspecified atom stereocenters. The van der Waals surface area contributed by atoms with E-state index in [1.54, 1.807) is 37.7 Å². The van der Waals surface area contributed by atoms with Crippen LogP contribution in [0, 0.1) is 18.7 Å². The van der Waals surface area contributed by atoms with Gasteiger partial charge in [0.2, 0.25) is 0 Å². The molecule has 11 heteroatoms. The molecule has 2 aromatic heterocycles. The Morgan fingerprint density at radius 1 is 0.942 bits per heavy atom. The molecule has 0 aliphatic carbocycles. The Hall–Kier alpha value is -5.10. The Kier molecular flexibility index (Phi) is 12.3. The number of aldehydes is 1. The van der Waals surface area contributed by atoms with Crippen LogP contribution in [0.3, 0.4) is 0 Å². The van der Waals surface area contributed by atoms with Crippen molar-refractivity contribution in [1.82, 2.24) is 14.9 Å². The number of aromatic nitrogens is 2. The lowest BCUT2D eigenvalue weighted by Gasteiger charge is -2.27. The fraction of sp³-hybridized carbons (Fsp3) is 0.341. The third kappa shape index (κ3) is 9.22. The van der Waals surface area contributed by atoms with Crippen LogP contribution in [0.2, 0.25) is 0 Å². The molecule has 2 aliphatic rings. The van der Waals surface area contributed by atoms with E-state index in [4.69, 9.17) is 29.4 Å². The van der Waals surface area contributed by atoms with Crippen molar-refractivity contribution in [2.45, 2.75) is 32.8 Å². The van der Waals surface area contributed by atoms with Crippen molar-refractivity contribution in [3.63, 3.8) is 0 Å². The summed E-state index contributed by atoms with van der Waals surface area (Å²) in [4.78, 5) is 23.5. The monoisotopic (exact) mass is 708 g/mol. The van der Waals surface area contributed by atoms with Gasteiger partial charge in [-0.1, -0.05) is 24.3 Å². The van der Waals surface area contributed by atoms with Gasteiger partial charge in [-0.2, -0.15) is 0 Å². The van der Waals surface area contributed by atoms with E-state index in [9.17, 15) is 4.79 Å². The third-order valence-electron chi connectivity index (χ3n) is 9.23. The van der Waals surface area contributed by atoms with Gasteiger partial charge in [0.1, 0.15) is 24.3 Å². The van der Waals surface area contributed by atoms with Crippen LogP contribution in [0.15, 0.2) is 79.4 Å².